The van der Waals surface area contributed by atoms with Gasteiger partial charge in [-0.15, -0.1) is 0 Å². The van der Waals surface area contributed by atoms with Crippen LogP contribution in [0.3, 0.4) is 0 Å². The van der Waals surface area contributed by atoms with E-state index in [0.29, 0.717) is 0 Å². The number of ether oxygens (including phenoxy) is 1. The van der Waals surface area contributed by atoms with Gasteiger partial charge in [-0.1, -0.05) is 17.7 Å². The van der Waals surface area contributed by atoms with Crippen molar-refractivity contribution in [2.75, 3.05) is 6.61 Å². The fraction of sp³-hybridized carbons (Fsp3) is 0.438. The van der Waals surface area contributed by atoms with Crippen molar-refractivity contribution in [2.45, 2.75) is 38.3 Å². The van der Waals surface area contributed by atoms with Gasteiger partial charge >= 0.3 is 0 Å². The maximum absolute atomic E-state index is 6.53. The zero-order chi connectivity index (χ0) is 14.4. The summed E-state index contributed by atoms with van der Waals surface area (Å²) in [6.45, 7) is 0.811. The van der Waals surface area contributed by atoms with Crippen LogP contribution in [0.15, 0.2) is 22.8 Å². The van der Waals surface area contributed by atoms with Gasteiger partial charge in [-0.05, 0) is 59.7 Å². The molecule has 1 aromatic heterocycles. The topological polar surface area (TPSA) is 27.1 Å². The molecule has 1 aromatic carbocycles. The maximum Gasteiger partial charge on any atom is 0.150 e. The summed E-state index contributed by atoms with van der Waals surface area (Å²) >= 11 is 10.3. The van der Waals surface area contributed by atoms with Crippen LogP contribution >= 0.6 is 27.5 Å². The molecule has 0 saturated carbocycles. The van der Waals surface area contributed by atoms with E-state index in [1.54, 1.807) is 0 Å². The lowest BCUT2D eigenvalue weighted by Crippen LogP contribution is -2.19. The van der Waals surface area contributed by atoms with Gasteiger partial charge < -0.3 is 4.74 Å². The van der Waals surface area contributed by atoms with Gasteiger partial charge in [-0.25, -0.2) is 4.68 Å². The van der Waals surface area contributed by atoms with Gasteiger partial charge in [0.1, 0.15) is 0 Å². The third kappa shape index (κ3) is 2.24. The summed E-state index contributed by atoms with van der Waals surface area (Å²) in [5.41, 5.74) is 3.50. The predicted molar refractivity (Wildman–Crippen MR) is 88.5 cm³/mol. The summed E-state index contributed by atoms with van der Waals surface area (Å²) in [7, 11) is 0. The lowest BCUT2D eigenvalue weighted by atomic mass is 9.91. The first-order chi connectivity index (χ1) is 10.3. The average Bonchev–Trinajstić information content (AvgIpc) is 2.86. The zero-order valence-electron chi connectivity index (χ0n) is 11.6. The molecule has 3 nitrogen and oxygen atoms in total. The Kier molecular flexibility index (Phi) is 3.56. The van der Waals surface area contributed by atoms with E-state index in [0.717, 1.165) is 58.3 Å². The summed E-state index contributed by atoms with van der Waals surface area (Å²) in [5.74, 6) is 0. The highest BCUT2D eigenvalue weighted by Gasteiger charge is 2.23. The molecule has 2 aromatic rings. The van der Waals surface area contributed by atoms with Crippen LogP contribution in [0.1, 0.15) is 43.9 Å². The zero-order valence-corrected chi connectivity index (χ0v) is 14.0. The van der Waals surface area contributed by atoms with E-state index in [9.17, 15) is 0 Å². The molecule has 110 valence electrons. The highest BCUT2D eigenvalue weighted by atomic mass is 79.9. The van der Waals surface area contributed by atoms with E-state index in [1.807, 2.05) is 16.9 Å². The van der Waals surface area contributed by atoms with E-state index in [-0.39, 0.29) is 6.23 Å². The lowest BCUT2D eigenvalue weighted by Gasteiger charge is -2.24. The van der Waals surface area contributed by atoms with Crippen molar-refractivity contribution < 1.29 is 4.74 Å². The number of allylic oxidation sites excluding steroid dienone is 2. The molecule has 1 atom stereocenters. The van der Waals surface area contributed by atoms with Crippen molar-refractivity contribution in [3.63, 3.8) is 0 Å². The summed E-state index contributed by atoms with van der Waals surface area (Å²) in [5, 5.41) is 6.45. The molecule has 5 heteroatoms. The quantitative estimate of drug-likeness (QED) is 0.717. The molecule has 4 rings (SSSR count). The first-order valence-corrected chi connectivity index (χ1v) is 8.59. The molecule has 21 heavy (non-hydrogen) atoms. The standard InChI is InChI=1S/C16H16BrClN2O/c17-16-11-9-19-20(14-6-1-2-7-21-14)13(11)8-12(18)15(16)10-4-3-5-10/h4,8-9,14H,1-3,5-7H2. The largest absolute Gasteiger partial charge is 0.356 e. The Morgan fingerprint density at radius 3 is 2.90 bits per heavy atom. The molecule has 0 bridgehead atoms. The summed E-state index contributed by atoms with van der Waals surface area (Å²) < 4.78 is 8.88. The van der Waals surface area contributed by atoms with Crippen LogP contribution in [-0.2, 0) is 4.74 Å². The molecule has 0 radical (unpaired) electrons. The van der Waals surface area contributed by atoms with Gasteiger partial charge in [-0.2, -0.15) is 5.10 Å². The minimum absolute atomic E-state index is 0.0352. The SMILES string of the molecule is Clc1cc2c(cnn2C2CCCCO2)c(Br)c1C1=CCC1. The van der Waals surface area contributed by atoms with Crippen molar-refractivity contribution in [1.29, 1.82) is 0 Å². The van der Waals surface area contributed by atoms with Gasteiger partial charge in [0.2, 0.25) is 0 Å². The molecular formula is C16H16BrClN2O. The third-order valence-corrected chi connectivity index (χ3v) is 5.47. The normalized spacial score (nSPS) is 22.2. The van der Waals surface area contributed by atoms with Crippen molar-refractivity contribution in [3.8, 4) is 0 Å². The Balaban J connectivity index is 1.85. The van der Waals surface area contributed by atoms with Crippen LogP contribution < -0.4 is 0 Å². The van der Waals surface area contributed by atoms with Crippen LogP contribution in [0.5, 0.6) is 0 Å². The Morgan fingerprint density at radius 1 is 1.38 bits per heavy atom. The molecular weight excluding hydrogens is 352 g/mol. The second kappa shape index (κ2) is 5.41. The fourth-order valence-corrected chi connectivity index (χ4v) is 4.28. The van der Waals surface area contributed by atoms with Crippen LogP contribution in [-0.4, -0.2) is 16.4 Å². The van der Waals surface area contributed by atoms with Crippen molar-refractivity contribution in [2.24, 2.45) is 0 Å². The molecule has 1 saturated heterocycles. The first kappa shape index (κ1) is 13.8. The number of benzene rings is 1. The molecule has 0 amide bonds. The first-order valence-electron chi connectivity index (χ1n) is 7.42. The highest BCUT2D eigenvalue weighted by Crippen LogP contribution is 2.42. The van der Waals surface area contributed by atoms with Gasteiger partial charge in [0.05, 0.1) is 16.7 Å². The summed E-state index contributed by atoms with van der Waals surface area (Å²) in [4.78, 5) is 0. The van der Waals surface area contributed by atoms with Crippen LogP contribution in [0.2, 0.25) is 5.02 Å². The molecule has 2 heterocycles. The minimum atomic E-state index is 0.0352. The number of fused-ring (bicyclic) bond motifs is 1. The number of nitrogens with zero attached hydrogens (tertiary/aromatic N) is 2. The summed E-state index contributed by atoms with van der Waals surface area (Å²) in [6.07, 6.45) is 9.77. The summed E-state index contributed by atoms with van der Waals surface area (Å²) in [6, 6.07) is 2.03. The van der Waals surface area contributed by atoms with Crippen molar-refractivity contribution in [3.05, 3.63) is 33.4 Å². The molecule has 1 fully saturated rings. The predicted octanol–water partition coefficient (Wildman–Crippen LogP) is 5.33. The van der Waals surface area contributed by atoms with E-state index in [1.165, 1.54) is 12.0 Å². The Hall–Kier alpha value is -0.840. The fourth-order valence-electron chi connectivity index (χ4n) is 3.07. The van der Waals surface area contributed by atoms with E-state index >= 15 is 0 Å². The molecule has 1 aliphatic carbocycles. The molecule has 1 unspecified atom stereocenters. The van der Waals surface area contributed by atoms with Gasteiger partial charge in [0, 0.05) is 22.0 Å². The number of halogens is 2. The monoisotopic (exact) mass is 366 g/mol. The molecule has 0 spiro atoms. The smallest absolute Gasteiger partial charge is 0.150 e. The number of rotatable bonds is 2. The van der Waals surface area contributed by atoms with Crippen LogP contribution in [0.25, 0.3) is 16.5 Å². The minimum Gasteiger partial charge on any atom is -0.356 e. The Labute approximate surface area is 137 Å². The van der Waals surface area contributed by atoms with Gasteiger partial charge in [0.25, 0.3) is 0 Å². The second-order valence-electron chi connectivity index (χ2n) is 5.66. The molecule has 2 aliphatic rings. The second-order valence-corrected chi connectivity index (χ2v) is 6.86. The number of aromatic nitrogens is 2. The Bertz CT molecular complexity index is 731. The lowest BCUT2D eigenvalue weighted by molar-refractivity contribution is -0.0366. The van der Waals surface area contributed by atoms with Crippen molar-refractivity contribution in [1.82, 2.24) is 9.78 Å². The van der Waals surface area contributed by atoms with Gasteiger partial charge in [0.15, 0.2) is 6.23 Å². The van der Waals surface area contributed by atoms with Crippen LogP contribution in [0.4, 0.5) is 0 Å². The van der Waals surface area contributed by atoms with Crippen molar-refractivity contribution >= 4 is 44.0 Å². The maximum atomic E-state index is 6.53. The van der Waals surface area contributed by atoms with E-state index in [4.69, 9.17) is 16.3 Å². The van der Waals surface area contributed by atoms with Crippen LogP contribution in [0, 0.1) is 0 Å². The Morgan fingerprint density at radius 2 is 2.24 bits per heavy atom. The van der Waals surface area contributed by atoms with E-state index in [2.05, 4.69) is 27.1 Å². The van der Waals surface area contributed by atoms with E-state index < -0.39 is 0 Å². The van der Waals surface area contributed by atoms with Gasteiger partial charge in [-0.3, -0.25) is 0 Å². The molecule has 0 N–H and O–H groups in total. The number of hydrogen-bond acceptors (Lipinski definition) is 2. The number of hydrogen-bond donors (Lipinski definition) is 0. The average molecular weight is 368 g/mol. The third-order valence-electron chi connectivity index (χ3n) is 4.35. The molecule has 1 aliphatic heterocycles. The highest BCUT2D eigenvalue weighted by molar-refractivity contribution is 9.10.